The van der Waals surface area contributed by atoms with E-state index in [-0.39, 0.29) is 62.9 Å². The molecule has 4 aliphatic rings. The molecular formula is C43H66O15. The number of methoxy groups -OCH3 is 1. The lowest BCUT2D eigenvalue weighted by molar-refractivity contribution is -0.327. The average molecular weight is 823 g/mol. The van der Waals surface area contributed by atoms with Crippen LogP contribution in [0, 0.1) is 5.41 Å². The average Bonchev–Trinajstić information content (AvgIpc) is 3.16. The minimum atomic E-state index is -2.35. The number of cyclic esters (lactones) is 1. The molecule has 3 saturated heterocycles. The number of esters is 4. The summed E-state index contributed by atoms with van der Waals surface area (Å²) >= 11 is 0. The molecule has 0 saturated carbocycles. The number of aliphatic hydroxyl groups is 3. The number of carbonyl (C=O) groups excluding carboxylic acids is 4. The summed E-state index contributed by atoms with van der Waals surface area (Å²) in [6, 6.07) is 0. The smallest absolute Gasteiger partial charge is 0.330 e. The summed E-state index contributed by atoms with van der Waals surface area (Å²) < 4.78 is 47.3. The molecule has 328 valence electrons. The molecule has 58 heavy (non-hydrogen) atoms. The highest BCUT2D eigenvalue weighted by Gasteiger charge is 2.57. The number of unbranched alkanes of at least 4 members (excludes halogenated alkanes) is 4. The Kier molecular flexibility index (Phi) is 18.8. The Morgan fingerprint density at radius 1 is 0.931 bits per heavy atom. The number of carbonyl (C=O) groups is 4. The molecule has 0 amide bonds. The van der Waals surface area contributed by atoms with Crippen molar-refractivity contribution in [1.82, 2.24) is 0 Å². The predicted molar refractivity (Wildman–Crippen MR) is 209 cm³/mol. The number of fused-ring (bicyclic) bond motifs is 6. The van der Waals surface area contributed by atoms with Gasteiger partial charge in [-0.3, -0.25) is 14.4 Å². The van der Waals surface area contributed by atoms with Crippen molar-refractivity contribution in [3.05, 3.63) is 36.5 Å². The predicted octanol–water partition coefficient (Wildman–Crippen LogP) is 4.81. The molecule has 4 rings (SSSR count). The van der Waals surface area contributed by atoms with Crippen molar-refractivity contribution in [2.24, 2.45) is 5.41 Å². The van der Waals surface area contributed by atoms with E-state index >= 15 is 0 Å². The van der Waals surface area contributed by atoms with Crippen LogP contribution in [0.4, 0.5) is 0 Å². The fourth-order valence-electron chi connectivity index (χ4n) is 8.08. The molecule has 4 aliphatic heterocycles. The van der Waals surface area contributed by atoms with Crippen molar-refractivity contribution >= 4 is 23.9 Å². The SMILES string of the molecule is C=CCOC(=O)C[C@H]1CC2CC3CCC[C@@H](C[C@@H](O)CC(=O)OC(CO)C[C@@H]4CC(=CC(=O)OC)[C@H](OC(=O)CCCCCCC)[C@@](O)(O4)C(C)(C)/C=C/C(O2)O1)O3. The van der Waals surface area contributed by atoms with Crippen LogP contribution in [-0.4, -0.2) is 120 Å². The molecule has 6 bridgehead atoms. The zero-order valence-electron chi connectivity index (χ0n) is 34.7. The lowest BCUT2D eigenvalue weighted by atomic mass is 9.74. The standard InChI is InChI=1S/C43H66O15/c1-6-8-9-10-11-15-36(46)57-41-28(20-37(47)51-5)19-34-25-35(27-44)54-39(49)22-29(45)21-30-13-12-14-31(53-30)23-32-24-33(26-38(48)52-18-7-2)56-40(55-32)16-17-42(3,4)43(41,50)58-34/h7,16-17,20,29-35,40-41,44-45,50H,2,6,8-15,18-19,21-27H2,1,3-5H3/b17-16+,28-20?/t29-,30+,31?,32?,33-,34+,35?,40?,41+,43-/m1/s1. The Balaban J connectivity index is 1.74. The molecule has 0 aromatic rings. The monoisotopic (exact) mass is 822 g/mol. The first-order chi connectivity index (χ1) is 27.7. The molecule has 0 spiro atoms. The van der Waals surface area contributed by atoms with Gasteiger partial charge in [-0.2, -0.15) is 0 Å². The van der Waals surface area contributed by atoms with E-state index in [4.69, 9.17) is 37.9 Å². The molecule has 3 fully saturated rings. The normalized spacial score (nSPS) is 34.5. The van der Waals surface area contributed by atoms with Crippen LogP contribution in [0.15, 0.2) is 36.5 Å². The van der Waals surface area contributed by atoms with Gasteiger partial charge in [-0.05, 0) is 43.8 Å². The first-order valence-corrected chi connectivity index (χ1v) is 21.0. The van der Waals surface area contributed by atoms with E-state index in [2.05, 4.69) is 13.5 Å². The van der Waals surface area contributed by atoms with Gasteiger partial charge in [0.15, 0.2) is 12.4 Å². The van der Waals surface area contributed by atoms with Gasteiger partial charge in [-0.1, -0.05) is 65.2 Å². The van der Waals surface area contributed by atoms with E-state index in [1.807, 2.05) is 0 Å². The minimum absolute atomic E-state index is 0.0449. The van der Waals surface area contributed by atoms with Crippen LogP contribution in [0.3, 0.4) is 0 Å². The van der Waals surface area contributed by atoms with E-state index in [1.165, 1.54) is 13.2 Å². The van der Waals surface area contributed by atoms with Crippen molar-refractivity contribution in [3.63, 3.8) is 0 Å². The Morgan fingerprint density at radius 2 is 1.66 bits per heavy atom. The second-order valence-corrected chi connectivity index (χ2v) is 16.5. The highest BCUT2D eigenvalue weighted by Crippen LogP contribution is 2.47. The summed E-state index contributed by atoms with van der Waals surface area (Å²) in [7, 11) is 1.20. The first kappa shape index (κ1) is 47.5. The highest BCUT2D eigenvalue weighted by atomic mass is 16.7. The van der Waals surface area contributed by atoms with Crippen molar-refractivity contribution < 1.29 is 72.4 Å². The number of ether oxygens (including phenoxy) is 8. The van der Waals surface area contributed by atoms with Crippen molar-refractivity contribution in [1.29, 1.82) is 0 Å². The third-order valence-electron chi connectivity index (χ3n) is 11.2. The third-order valence-corrected chi connectivity index (χ3v) is 11.2. The van der Waals surface area contributed by atoms with E-state index in [1.54, 1.807) is 26.0 Å². The first-order valence-electron chi connectivity index (χ1n) is 21.0. The van der Waals surface area contributed by atoms with Gasteiger partial charge < -0.3 is 53.2 Å². The zero-order valence-corrected chi connectivity index (χ0v) is 34.7. The van der Waals surface area contributed by atoms with Gasteiger partial charge in [-0.15, -0.1) is 0 Å². The molecule has 4 unspecified atom stereocenters. The lowest BCUT2D eigenvalue weighted by Gasteiger charge is -2.51. The van der Waals surface area contributed by atoms with Crippen molar-refractivity contribution in [3.8, 4) is 0 Å². The largest absolute Gasteiger partial charge is 0.466 e. The van der Waals surface area contributed by atoms with Gasteiger partial charge in [0.2, 0.25) is 5.79 Å². The topological polar surface area (TPSA) is 203 Å². The summed E-state index contributed by atoms with van der Waals surface area (Å²) in [5, 5.41) is 34.0. The summed E-state index contributed by atoms with van der Waals surface area (Å²) in [5.74, 6) is -4.90. The molecule has 0 radical (unpaired) electrons. The Labute approximate surface area is 342 Å². The van der Waals surface area contributed by atoms with Crippen LogP contribution in [0.2, 0.25) is 0 Å². The summed E-state index contributed by atoms with van der Waals surface area (Å²) in [6.45, 7) is 8.47. The molecule has 0 aliphatic carbocycles. The molecular weight excluding hydrogens is 756 g/mol. The third kappa shape index (κ3) is 14.2. The van der Waals surface area contributed by atoms with Crippen LogP contribution in [0.25, 0.3) is 0 Å². The molecule has 3 N–H and O–H groups in total. The van der Waals surface area contributed by atoms with E-state index in [0.717, 1.165) is 44.6 Å². The van der Waals surface area contributed by atoms with E-state index in [9.17, 15) is 34.5 Å². The highest BCUT2D eigenvalue weighted by molar-refractivity contribution is 5.83. The quantitative estimate of drug-likeness (QED) is 0.0750. The molecule has 15 nitrogen and oxygen atoms in total. The number of hydrogen-bond donors (Lipinski definition) is 3. The Bertz CT molecular complexity index is 1430. The lowest BCUT2D eigenvalue weighted by Crippen LogP contribution is -2.62. The number of hydrogen-bond acceptors (Lipinski definition) is 15. The molecule has 15 heteroatoms. The van der Waals surface area contributed by atoms with E-state index < -0.39 is 84.6 Å². The van der Waals surface area contributed by atoms with Gasteiger partial charge >= 0.3 is 23.9 Å². The minimum Gasteiger partial charge on any atom is -0.466 e. The van der Waals surface area contributed by atoms with Crippen LogP contribution in [0.5, 0.6) is 0 Å². The number of aliphatic hydroxyl groups excluding tert-OH is 2. The van der Waals surface area contributed by atoms with Crippen LogP contribution < -0.4 is 0 Å². The van der Waals surface area contributed by atoms with Crippen molar-refractivity contribution in [2.75, 3.05) is 20.3 Å². The molecule has 0 aromatic heterocycles. The zero-order chi connectivity index (χ0) is 42.3. The van der Waals surface area contributed by atoms with Crippen LogP contribution in [-0.2, 0) is 57.1 Å². The molecule has 4 heterocycles. The maximum absolute atomic E-state index is 13.4. The maximum atomic E-state index is 13.4. The fourth-order valence-corrected chi connectivity index (χ4v) is 8.08. The second kappa shape index (κ2) is 23.0. The Hall–Kier alpha value is -3.18. The van der Waals surface area contributed by atoms with Gasteiger partial charge in [0, 0.05) is 43.6 Å². The van der Waals surface area contributed by atoms with Crippen LogP contribution in [0.1, 0.15) is 124 Å². The van der Waals surface area contributed by atoms with Gasteiger partial charge in [0.25, 0.3) is 0 Å². The summed E-state index contributed by atoms with van der Waals surface area (Å²) in [6.07, 6.45) is 5.95. The van der Waals surface area contributed by atoms with Crippen molar-refractivity contribution in [2.45, 2.75) is 184 Å². The van der Waals surface area contributed by atoms with Gasteiger partial charge in [0.1, 0.15) is 12.7 Å². The summed E-state index contributed by atoms with van der Waals surface area (Å²) in [5.41, 5.74) is -1.22. The maximum Gasteiger partial charge on any atom is 0.330 e. The molecule has 0 aromatic carbocycles. The van der Waals surface area contributed by atoms with Gasteiger partial charge in [0.05, 0.1) is 63.2 Å². The second-order valence-electron chi connectivity index (χ2n) is 16.5. The summed E-state index contributed by atoms with van der Waals surface area (Å²) in [4.78, 5) is 52.0. The fraction of sp³-hybridized carbons (Fsp3) is 0.767. The van der Waals surface area contributed by atoms with Gasteiger partial charge in [-0.25, -0.2) is 4.79 Å². The Morgan fingerprint density at radius 3 is 2.36 bits per heavy atom. The number of rotatable bonds is 13. The molecule has 10 atom stereocenters. The van der Waals surface area contributed by atoms with E-state index in [0.29, 0.717) is 25.7 Å². The van der Waals surface area contributed by atoms with Crippen LogP contribution >= 0.6 is 0 Å².